The van der Waals surface area contributed by atoms with Crippen LogP contribution in [0.15, 0.2) is 0 Å². The lowest BCUT2D eigenvalue weighted by Crippen LogP contribution is -2.37. The van der Waals surface area contributed by atoms with Crippen LogP contribution in [0.2, 0.25) is 0 Å². The minimum Gasteiger partial charge on any atom is -0.377 e. The van der Waals surface area contributed by atoms with E-state index in [1.165, 1.54) is 17.6 Å². The van der Waals surface area contributed by atoms with E-state index in [4.69, 9.17) is 16.3 Å². The van der Waals surface area contributed by atoms with Gasteiger partial charge in [-0.3, -0.25) is 0 Å². The van der Waals surface area contributed by atoms with E-state index < -0.39 is 0 Å². The van der Waals surface area contributed by atoms with E-state index in [0.29, 0.717) is 17.9 Å². The molecule has 0 radical (unpaired) electrons. The van der Waals surface area contributed by atoms with Crippen LogP contribution in [-0.4, -0.2) is 38.8 Å². The zero-order chi connectivity index (χ0) is 11.9. The minimum absolute atomic E-state index is 0.0196. The summed E-state index contributed by atoms with van der Waals surface area (Å²) in [6, 6.07) is 0. The smallest absolute Gasteiger partial charge is 0.175 e. The van der Waals surface area contributed by atoms with Crippen molar-refractivity contribution in [3.05, 3.63) is 5.82 Å². The Labute approximate surface area is 105 Å². The van der Waals surface area contributed by atoms with Crippen LogP contribution in [0.5, 0.6) is 0 Å². The zero-order valence-corrected chi connectivity index (χ0v) is 10.7. The lowest BCUT2D eigenvalue weighted by atomic mass is 9.77. The molecule has 2 atom stereocenters. The van der Waals surface area contributed by atoms with Gasteiger partial charge in [0.05, 0.1) is 13.2 Å². The van der Waals surface area contributed by atoms with Crippen LogP contribution in [-0.2, 0) is 18.2 Å². The molecule has 0 amide bonds. The van der Waals surface area contributed by atoms with Crippen LogP contribution >= 0.6 is 11.6 Å². The summed E-state index contributed by atoms with van der Waals surface area (Å²) in [5.74, 6) is 2.10. The number of alkyl halides is 1. The standard InChI is InChI=1S/C11H17ClN4O/c1-16-14-9(13-15-16)6-11(7-12)4-5-17-10(11)8-2-3-8/h8,10H,2-7H2,1H3. The summed E-state index contributed by atoms with van der Waals surface area (Å²) < 4.78 is 5.90. The van der Waals surface area contributed by atoms with Crippen LogP contribution < -0.4 is 0 Å². The molecule has 17 heavy (non-hydrogen) atoms. The van der Waals surface area contributed by atoms with Crippen LogP contribution in [0.4, 0.5) is 0 Å². The summed E-state index contributed by atoms with van der Waals surface area (Å²) in [5.41, 5.74) is 0.0196. The summed E-state index contributed by atoms with van der Waals surface area (Å²) in [6.45, 7) is 0.814. The Morgan fingerprint density at radius 2 is 2.35 bits per heavy atom. The first-order valence-corrected chi connectivity index (χ1v) is 6.67. The van der Waals surface area contributed by atoms with Gasteiger partial charge in [-0.1, -0.05) is 0 Å². The monoisotopic (exact) mass is 256 g/mol. The Hall–Kier alpha value is -0.680. The number of halogens is 1. The van der Waals surface area contributed by atoms with Crippen molar-refractivity contribution in [1.82, 2.24) is 20.2 Å². The third kappa shape index (κ3) is 2.06. The summed E-state index contributed by atoms with van der Waals surface area (Å²) in [6.07, 6.45) is 4.64. The quantitative estimate of drug-likeness (QED) is 0.759. The van der Waals surface area contributed by atoms with Crippen molar-refractivity contribution in [1.29, 1.82) is 0 Å². The first-order valence-electron chi connectivity index (χ1n) is 6.14. The number of hydrogen-bond donors (Lipinski definition) is 0. The molecule has 6 heteroatoms. The highest BCUT2D eigenvalue weighted by Gasteiger charge is 2.51. The average Bonchev–Trinajstić information content (AvgIpc) is 2.96. The molecule has 3 rings (SSSR count). The van der Waals surface area contributed by atoms with Gasteiger partial charge < -0.3 is 4.74 Å². The molecule has 1 saturated carbocycles. The molecular formula is C11H17ClN4O. The number of aromatic nitrogens is 4. The molecule has 1 aliphatic carbocycles. The van der Waals surface area contributed by atoms with Crippen molar-refractivity contribution >= 4 is 11.6 Å². The van der Waals surface area contributed by atoms with Crippen molar-refractivity contribution in [3.63, 3.8) is 0 Å². The highest BCUT2D eigenvalue weighted by atomic mass is 35.5. The summed E-state index contributed by atoms with van der Waals surface area (Å²) in [4.78, 5) is 1.50. The van der Waals surface area contributed by atoms with Gasteiger partial charge in [0.1, 0.15) is 0 Å². The van der Waals surface area contributed by atoms with E-state index in [1.54, 1.807) is 7.05 Å². The zero-order valence-electron chi connectivity index (χ0n) is 9.97. The molecule has 2 unspecified atom stereocenters. The van der Waals surface area contributed by atoms with E-state index in [0.717, 1.165) is 25.3 Å². The fourth-order valence-electron chi connectivity index (χ4n) is 2.83. The number of aryl methyl sites for hydroxylation is 1. The van der Waals surface area contributed by atoms with E-state index in [2.05, 4.69) is 15.4 Å². The Balaban J connectivity index is 1.80. The van der Waals surface area contributed by atoms with Crippen molar-refractivity contribution in [2.75, 3.05) is 12.5 Å². The maximum Gasteiger partial charge on any atom is 0.175 e. The fourth-order valence-corrected chi connectivity index (χ4v) is 3.21. The molecule has 0 spiro atoms. The van der Waals surface area contributed by atoms with Gasteiger partial charge in [-0.15, -0.1) is 21.8 Å². The Kier molecular flexibility index (Phi) is 2.83. The third-order valence-electron chi connectivity index (χ3n) is 3.88. The van der Waals surface area contributed by atoms with Crippen LogP contribution in [0.3, 0.4) is 0 Å². The molecule has 94 valence electrons. The minimum atomic E-state index is 0.0196. The predicted octanol–water partition coefficient (Wildman–Crippen LogP) is 1.18. The van der Waals surface area contributed by atoms with Gasteiger partial charge in [0.15, 0.2) is 5.82 Å². The molecule has 2 aliphatic rings. The second-order valence-corrected chi connectivity index (χ2v) is 5.51. The first kappa shape index (κ1) is 11.4. The van der Waals surface area contributed by atoms with Gasteiger partial charge >= 0.3 is 0 Å². The largest absolute Gasteiger partial charge is 0.377 e. The molecule has 0 N–H and O–H groups in total. The van der Waals surface area contributed by atoms with Crippen LogP contribution in [0.25, 0.3) is 0 Å². The molecular weight excluding hydrogens is 240 g/mol. The highest BCUT2D eigenvalue weighted by molar-refractivity contribution is 6.18. The number of nitrogens with zero attached hydrogens (tertiary/aromatic N) is 4. The molecule has 1 saturated heterocycles. The summed E-state index contributed by atoms with van der Waals surface area (Å²) in [5, 5.41) is 12.2. The Bertz CT molecular complexity index is 406. The number of hydrogen-bond acceptors (Lipinski definition) is 4. The van der Waals surface area contributed by atoms with E-state index in [1.807, 2.05) is 0 Å². The highest BCUT2D eigenvalue weighted by Crippen LogP contribution is 2.49. The lowest BCUT2D eigenvalue weighted by molar-refractivity contribution is 0.0395. The molecule has 1 aliphatic heterocycles. The Morgan fingerprint density at radius 1 is 1.53 bits per heavy atom. The topological polar surface area (TPSA) is 52.8 Å². The van der Waals surface area contributed by atoms with Gasteiger partial charge in [0.2, 0.25) is 0 Å². The average molecular weight is 257 g/mol. The van der Waals surface area contributed by atoms with Gasteiger partial charge in [-0.25, -0.2) is 0 Å². The summed E-state index contributed by atoms with van der Waals surface area (Å²) in [7, 11) is 1.79. The Morgan fingerprint density at radius 3 is 2.94 bits per heavy atom. The van der Waals surface area contributed by atoms with Crippen LogP contribution in [0, 0.1) is 11.3 Å². The number of rotatable bonds is 4. The molecule has 5 nitrogen and oxygen atoms in total. The van der Waals surface area contributed by atoms with Crippen molar-refractivity contribution < 1.29 is 4.74 Å². The fraction of sp³-hybridized carbons (Fsp3) is 0.909. The van der Waals surface area contributed by atoms with Crippen molar-refractivity contribution in [2.24, 2.45) is 18.4 Å². The molecule has 2 fully saturated rings. The second kappa shape index (κ2) is 4.21. The molecule has 0 bridgehead atoms. The molecule has 2 heterocycles. The predicted molar refractivity (Wildman–Crippen MR) is 62.7 cm³/mol. The third-order valence-corrected chi connectivity index (χ3v) is 4.41. The normalized spacial score (nSPS) is 33.2. The molecule has 0 aromatic carbocycles. The van der Waals surface area contributed by atoms with Gasteiger partial charge in [0, 0.05) is 24.3 Å². The number of tetrazole rings is 1. The SMILES string of the molecule is Cn1nnc(CC2(CCl)CCOC2C2CC2)n1. The van der Waals surface area contributed by atoms with E-state index in [9.17, 15) is 0 Å². The maximum atomic E-state index is 6.23. The van der Waals surface area contributed by atoms with Crippen molar-refractivity contribution in [3.8, 4) is 0 Å². The summed E-state index contributed by atoms with van der Waals surface area (Å²) >= 11 is 6.23. The molecule has 1 aromatic heterocycles. The van der Waals surface area contributed by atoms with Crippen LogP contribution in [0.1, 0.15) is 25.1 Å². The van der Waals surface area contributed by atoms with Gasteiger partial charge in [-0.05, 0) is 30.4 Å². The lowest BCUT2D eigenvalue weighted by Gasteiger charge is -2.31. The van der Waals surface area contributed by atoms with Gasteiger partial charge in [-0.2, -0.15) is 4.80 Å². The van der Waals surface area contributed by atoms with Crippen molar-refractivity contribution in [2.45, 2.75) is 31.8 Å². The van der Waals surface area contributed by atoms with E-state index >= 15 is 0 Å². The van der Waals surface area contributed by atoms with Gasteiger partial charge in [0.25, 0.3) is 0 Å². The first-order chi connectivity index (χ1) is 8.23. The van der Waals surface area contributed by atoms with E-state index in [-0.39, 0.29) is 5.41 Å². The second-order valence-electron chi connectivity index (χ2n) is 5.25. The maximum absolute atomic E-state index is 6.23. The number of ether oxygens (including phenoxy) is 1. The molecule has 1 aromatic rings.